The molecule has 0 aromatic heterocycles. The van der Waals surface area contributed by atoms with Gasteiger partial charge in [0, 0.05) is 6.42 Å². The zero-order valence-corrected chi connectivity index (χ0v) is 7.97. The van der Waals surface area contributed by atoms with E-state index in [1.807, 2.05) is 6.07 Å². The largest absolute Gasteiger partial charge is 0.373 e. The Morgan fingerprint density at radius 2 is 2.33 bits per heavy atom. The van der Waals surface area contributed by atoms with Crippen LogP contribution in [0.25, 0.3) is 0 Å². The molecule has 0 aliphatic carbocycles. The zero-order chi connectivity index (χ0) is 8.55. The second kappa shape index (κ2) is 3.15. The van der Waals surface area contributed by atoms with Gasteiger partial charge in [0.2, 0.25) is 0 Å². The van der Waals surface area contributed by atoms with Crippen molar-refractivity contribution in [3.8, 4) is 0 Å². The minimum Gasteiger partial charge on any atom is -0.373 e. The van der Waals surface area contributed by atoms with Gasteiger partial charge in [-0.2, -0.15) is 0 Å². The van der Waals surface area contributed by atoms with E-state index < -0.39 is 0 Å². The topological polar surface area (TPSA) is 12.5 Å². The van der Waals surface area contributed by atoms with E-state index in [0.29, 0.717) is 10.9 Å². The summed E-state index contributed by atoms with van der Waals surface area (Å²) < 4.78 is 18.8. The lowest BCUT2D eigenvalue weighted by atomic mass is 10.1. The Bertz CT molecular complexity index is 297. The van der Waals surface area contributed by atoms with Gasteiger partial charge < -0.3 is 4.74 Å². The van der Waals surface area contributed by atoms with Crippen LogP contribution in [0.15, 0.2) is 22.7 Å². The maximum absolute atomic E-state index is 13.3. The number of epoxide rings is 1. The molecular weight excluding hydrogens is 223 g/mol. The molecule has 1 unspecified atom stereocenters. The first kappa shape index (κ1) is 8.20. The van der Waals surface area contributed by atoms with Gasteiger partial charge in [-0.1, -0.05) is 12.1 Å². The molecule has 1 aliphatic heterocycles. The molecule has 1 aromatic carbocycles. The SMILES string of the molecule is Fc1c(Br)cccc1CC1CO1. The number of rotatable bonds is 2. The molecule has 0 bridgehead atoms. The van der Waals surface area contributed by atoms with E-state index in [-0.39, 0.29) is 11.9 Å². The van der Waals surface area contributed by atoms with Gasteiger partial charge in [-0.05, 0) is 27.6 Å². The fourth-order valence-electron chi connectivity index (χ4n) is 1.14. The summed E-state index contributed by atoms with van der Waals surface area (Å²) >= 11 is 3.14. The molecule has 0 radical (unpaired) electrons. The summed E-state index contributed by atoms with van der Waals surface area (Å²) in [5, 5.41) is 0. The summed E-state index contributed by atoms with van der Waals surface area (Å²) in [5.41, 5.74) is 0.729. The Balaban J connectivity index is 2.23. The molecule has 1 fully saturated rings. The second-order valence-electron chi connectivity index (χ2n) is 2.87. The van der Waals surface area contributed by atoms with Gasteiger partial charge in [-0.25, -0.2) is 4.39 Å². The summed E-state index contributed by atoms with van der Waals surface area (Å²) in [6, 6.07) is 5.33. The van der Waals surface area contributed by atoms with Crippen molar-refractivity contribution >= 4 is 15.9 Å². The van der Waals surface area contributed by atoms with E-state index in [1.165, 1.54) is 0 Å². The maximum Gasteiger partial charge on any atom is 0.140 e. The van der Waals surface area contributed by atoms with Gasteiger partial charge in [-0.15, -0.1) is 0 Å². The van der Waals surface area contributed by atoms with Crippen LogP contribution in [0.1, 0.15) is 5.56 Å². The third-order valence-electron chi connectivity index (χ3n) is 1.88. The van der Waals surface area contributed by atoms with Crippen LogP contribution in [0, 0.1) is 5.82 Å². The molecule has 0 spiro atoms. The number of hydrogen-bond donors (Lipinski definition) is 0. The average Bonchev–Trinajstić information content (AvgIpc) is 2.83. The fraction of sp³-hybridized carbons (Fsp3) is 0.333. The van der Waals surface area contributed by atoms with Crippen molar-refractivity contribution in [3.05, 3.63) is 34.1 Å². The van der Waals surface area contributed by atoms with E-state index in [2.05, 4.69) is 15.9 Å². The third-order valence-corrected chi connectivity index (χ3v) is 2.49. The van der Waals surface area contributed by atoms with Gasteiger partial charge in [0.15, 0.2) is 0 Å². The van der Waals surface area contributed by atoms with Crippen LogP contribution in [0.4, 0.5) is 4.39 Å². The Kier molecular flexibility index (Phi) is 2.15. The monoisotopic (exact) mass is 230 g/mol. The van der Waals surface area contributed by atoms with Crippen molar-refractivity contribution in [2.24, 2.45) is 0 Å². The molecule has 64 valence electrons. The van der Waals surface area contributed by atoms with Crippen molar-refractivity contribution in [2.45, 2.75) is 12.5 Å². The molecule has 1 nitrogen and oxygen atoms in total. The van der Waals surface area contributed by atoms with Crippen molar-refractivity contribution < 1.29 is 9.13 Å². The van der Waals surface area contributed by atoms with Gasteiger partial charge in [0.05, 0.1) is 17.2 Å². The van der Waals surface area contributed by atoms with Gasteiger partial charge >= 0.3 is 0 Å². The molecule has 1 aromatic rings. The van der Waals surface area contributed by atoms with Crippen LogP contribution < -0.4 is 0 Å². The summed E-state index contributed by atoms with van der Waals surface area (Å²) in [7, 11) is 0. The summed E-state index contributed by atoms with van der Waals surface area (Å²) in [6.45, 7) is 0.770. The molecule has 1 saturated heterocycles. The first-order valence-corrected chi connectivity index (χ1v) is 4.61. The second-order valence-corrected chi connectivity index (χ2v) is 3.73. The van der Waals surface area contributed by atoms with Crippen molar-refractivity contribution in [1.82, 2.24) is 0 Å². The first-order valence-electron chi connectivity index (χ1n) is 3.82. The molecule has 1 aliphatic rings. The lowest BCUT2D eigenvalue weighted by Crippen LogP contribution is -1.96. The number of halogens is 2. The number of ether oxygens (including phenoxy) is 1. The molecule has 3 heteroatoms. The van der Waals surface area contributed by atoms with E-state index in [9.17, 15) is 4.39 Å². The molecular formula is C9H8BrFO. The molecule has 0 N–H and O–H groups in total. The molecule has 0 amide bonds. The van der Waals surface area contributed by atoms with Gasteiger partial charge in [-0.3, -0.25) is 0 Å². The highest BCUT2D eigenvalue weighted by Gasteiger charge is 2.24. The first-order chi connectivity index (χ1) is 5.77. The molecule has 0 saturated carbocycles. The van der Waals surface area contributed by atoms with E-state index >= 15 is 0 Å². The average molecular weight is 231 g/mol. The van der Waals surface area contributed by atoms with Crippen LogP contribution in [0.5, 0.6) is 0 Å². The lowest BCUT2D eigenvalue weighted by molar-refractivity contribution is 0.404. The predicted octanol–water partition coefficient (Wildman–Crippen LogP) is 2.53. The zero-order valence-electron chi connectivity index (χ0n) is 6.39. The third kappa shape index (κ3) is 1.67. The smallest absolute Gasteiger partial charge is 0.140 e. The van der Waals surface area contributed by atoms with Crippen molar-refractivity contribution in [1.29, 1.82) is 0 Å². The number of benzene rings is 1. The van der Waals surface area contributed by atoms with E-state index in [4.69, 9.17) is 4.74 Å². The van der Waals surface area contributed by atoms with Crippen LogP contribution in [0.3, 0.4) is 0 Å². The number of hydrogen-bond acceptors (Lipinski definition) is 1. The highest BCUT2D eigenvalue weighted by atomic mass is 79.9. The van der Waals surface area contributed by atoms with Crippen LogP contribution in [-0.2, 0) is 11.2 Å². The lowest BCUT2D eigenvalue weighted by Gasteiger charge is -2.01. The maximum atomic E-state index is 13.3. The predicted molar refractivity (Wildman–Crippen MR) is 47.5 cm³/mol. The molecule has 12 heavy (non-hydrogen) atoms. The molecule has 2 rings (SSSR count). The highest BCUT2D eigenvalue weighted by molar-refractivity contribution is 9.10. The summed E-state index contributed by atoms with van der Waals surface area (Å²) in [5.74, 6) is -0.159. The molecule has 1 heterocycles. The Hall–Kier alpha value is -0.410. The van der Waals surface area contributed by atoms with E-state index in [0.717, 1.165) is 12.2 Å². The normalized spacial score (nSPS) is 21.0. The summed E-state index contributed by atoms with van der Waals surface area (Å²) in [6.07, 6.45) is 0.930. The minimum absolute atomic E-state index is 0.159. The van der Waals surface area contributed by atoms with Gasteiger partial charge in [0.1, 0.15) is 5.82 Å². The van der Waals surface area contributed by atoms with Crippen LogP contribution in [-0.4, -0.2) is 12.7 Å². The van der Waals surface area contributed by atoms with Gasteiger partial charge in [0.25, 0.3) is 0 Å². The van der Waals surface area contributed by atoms with Crippen molar-refractivity contribution in [3.63, 3.8) is 0 Å². The highest BCUT2D eigenvalue weighted by Crippen LogP contribution is 2.23. The van der Waals surface area contributed by atoms with Crippen LogP contribution in [0.2, 0.25) is 0 Å². The fourth-order valence-corrected chi connectivity index (χ4v) is 1.54. The van der Waals surface area contributed by atoms with E-state index in [1.54, 1.807) is 12.1 Å². The Labute approximate surface area is 78.7 Å². The quantitative estimate of drug-likeness (QED) is 0.712. The Morgan fingerprint density at radius 1 is 1.58 bits per heavy atom. The molecule has 1 atom stereocenters. The standard InChI is InChI=1S/C9H8BrFO/c10-8-3-1-2-6(9(8)11)4-7-5-12-7/h1-3,7H,4-5H2. The van der Waals surface area contributed by atoms with Crippen LogP contribution >= 0.6 is 15.9 Å². The van der Waals surface area contributed by atoms with Crippen molar-refractivity contribution in [2.75, 3.05) is 6.61 Å². The Morgan fingerprint density at radius 3 is 3.00 bits per heavy atom. The summed E-state index contributed by atoms with van der Waals surface area (Å²) in [4.78, 5) is 0. The minimum atomic E-state index is -0.159.